The summed E-state index contributed by atoms with van der Waals surface area (Å²) in [4.78, 5) is 0. The Bertz CT molecular complexity index is 132. The van der Waals surface area contributed by atoms with E-state index in [1.807, 2.05) is 0 Å². The Morgan fingerprint density at radius 3 is 2.54 bits per heavy atom. The third-order valence-corrected chi connectivity index (χ3v) is 2.06. The van der Waals surface area contributed by atoms with E-state index < -0.39 is 0 Å². The summed E-state index contributed by atoms with van der Waals surface area (Å²) in [6.07, 6.45) is 2.33. The number of hydrogen-bond donors (Lipinski definition) is 0. The summed E-state index contributed by atoms with van der Waals surface area (Å²) in [5, 5.41) is 0. The first-order chi connectivity index (χ1) is 6.27. The molecule has 0 aromatic heterocycles. The van der Waals surface area contributed by atoms with E-state index in [4.69, 9.17) is 14.2 Å². The van der Waals surface area contributed by atoms with Gasteiger partial charge in [0.1, 0.15) is 5.60 Å². The van der Waals surface area contributed by atoms with Gasteiger partial charge in [-0.3, -0.25) is 0 Å². The van der Waals surface area contributed by atoms with E-state index in [0.717, 1.165) is 19.6 Å². The molecule has 0 aromatic carbocycles. The first-order valence-corrected chi connectivity index (χ1v) is 5.06. The molecule has 1 unspecified atom stereocenters. The van der Waals surface area contributed by atoms with Crippen molar-refractivity contribution in [1.29, 1.82) is 0 Å². The highest BCUT2D eigenvalue weighted by molar-refractivity contribution is 4.86. The second-order valence-electron chi connectivity index (χ2n) is 3.76. The summed E-state index contributed by atoms with van der Waals surface area (Å²) in [7, 11) is 0. The van der Waals surface area contributed by atoms with Crippen molar-refractivity contribution in [3.05, 3.63) is 0 Å². The summed E-state index contributed by atoms with van der Waals surface area (Å²) >= 11 is 0. The van der Waals surface area contributed by atoms with E-state index in [9.17, 15) is 0 Å². The summed E-state index contributed by atoms with van der Waals surface area (Å²) in [6.45, 7) is 8.00. The van der Waals surface area contributed by atoms with Gasteiger partial charge in [0.15, 0.2) is 0 Å². The Balaban J connectivity index is 1.74. The molecular weight excluding hydrogens is 168 g/mol. The molecule has 0 aliphatic carbocycles. The maximum absolute atomic E-state index is 5.39. The smallest absolute Gasteiger partial charge is 0.112 e. The Hall–Kier alpha value is -0.120. The van der Waals surface area contributed by atoms with Crippen LogP contribution in [0.4, 0.5) is 0 Å². The Kier molecular flexibility index (Phi) is 4.70. The summed E-state index contributed by atoms with van der Waals surface area (Å²) in [5.41, 5.74) is 0.0173. The zero-order valence-electron chi connectivity index (χ0n) is 8.67. The predicted octanol–water partition coefficient (Wildman–Crippen LogP) is 1.61. The van der Waals surface area contributed by atoms with Crippen LogP contribution in [0.3, 0.4) is 0 Å². The number of epoxide rings is 1. The molecule has 1 fully saturated rings. The minimum Gasteiger partial charge on any atom is -0.379 e. The minimum atomic E-state index is 0.0173. The van der Waals surface area contributed by atoms with Gasteiger partial charge in [-0.05, 0) is 13.3 Å². The van der Waals surface area contributed by atoms with Crippen LogP contribution in [0.2, 0.25) is 0 Å². The third kappa shape index (κ3) is 5.24. The third-order valence-electron chi connectivity index (χ3n) is 2.06. The van der Waals surface area contributed by atoms with Gasteiger partial charge in [-0.15, -0.1) is 0 Å². The standard InChI is InChI=1S/C10H20O3/c1-3-4-5-11-6-7-12-8-10(2)9-13-10/h3-9H2,1-2H3. The molecule has 1 heterocycles. The van der Waals surface area contributed by atoms with Gasteiger partial charge in [-0.1, -0.05) is 13.3 Å². The topological polar surface area (TPSA) is 31.0 Å². The Labute approximate surface area is 80.4 Å². The highest BCUT2D eigenvalue weighted by Gasteiger charge is 2.39. The molecule has 0 N–H and O–H groups in total. The van der Waals surface area contributed by atoms with E-state index in [2.05, 4.69) is 13.8 Å². The average Bonchev–Trinajstić information content (AvgIpc) is 2.83. The SMILES string of the molecule is CCCCOCCOCC1(C)CO1. The zero-order valence-corrected chi connectivity index (χ0v) is 8.67. The van der Waals surface area contributed by atoms with Crippen LogP contribution in [-0.2, 0) is 14.2 Å². The van der Waals surface area contributed by atoms with Gasteiger partial charge in [-0.2, -0.15) is 0 Å². The second kappa shape index (κ2) is 5.58. The molecule has 0 spiro atoms. The van der Waals surface area contributed by atoms with Gasteiger partial charge in [0.2, 0.25) is 0 Å². The van der Waals surface area contributed by atoms with E-state index in [0.29, 0.717) is 19.8 Å². The lowest BCUT2D eigenvalue weighted by atomic mass is 10.2. The van der Waals surface area contributed by atoms with Crippen LogP contribution < -0.4 is 0 Å². The number of ether oxygens (including phenoxy) is 3. The molecular formula is C10H20O3. The summed E-state index contributed by atoms with van der Waals surface area (Å²) in [6, 6.07) is 0. The lowest BCUT2D eigenvalue weighted by Crippen LogP contribution is -2.17. The van der Waals surface area contributed by atoms with Crippen molar-refractivity contribution < 1.29 is 14.2 Å². The van der Waals surface area contributed by atoms with Crippen molar-refractivity contribution in [2.45, 2.75) is 32.3 Å². The van der Waals surface area contributed by atoms with Crippen molar-refractivity contribution in [3.63, 3.8) is 0 Å². The molecule has 13 heavy (non-hydrogen) atoms. The molecule has 0 saturated carbocycles. The normalized spacial score (nSPS) is 26.3. The van der Waals surface area contributed by atoms with Crippen molar-refractivity contribution in [1.82, 2.24) is 0 Å². The van der Waals surface area contributed by atoms with Crippen LogP contribution in [-0.4, -0.2) is 38.6 Å². The van der Waals surface area contributed by atoms with Crippen LogP contribution in [0.5, 0.6) is 0 Å². The highest BCUT2D eigenvalue weighted by atomic mass is 16.6. The molecule has 0 amide bonds. The van der Waals surface area contributed by atoms with Crippen LogP contribution >= 0.6 is 0 Å². The van der Waals surface area contributed by atoms with Gasteiger partial charge in [0, 0.05) is 6.61 Å². The maximum atomic E-state index is 5.39. The predicted molar refractivity (Wildman–Crippen MR) is 50.9 cm³/mol. The first-order valence-electron chi connectivity index (χ1n) is 5.06. The molecule has 3 nitrogen and oxygen atoms in total. The molecule has 1 saturated heterocycles. The van der Waals surface area contributed by atoms with Gasteiger partial charge < -0.3 is 14.2 Å². The van der Waals surface area contributed by atoms with Crippen molar-refractivity contribution >= 4 is 0 Å². The van der Waals surface area contributed by atoms with Gasteiger partial charge >= 0.3 is 0 Å². The number of unbranched alkanes of at least 4 members (excludes halogenated alkanes) is 1. The molecule has 1 atom stereocenters. The molecule has 1 aliphatic rings. The summed E-state index contributed by atoms with van der Waals surface area (Å²) < 4.78 is 15.9. The minimum absolute atomic E-state index is 0.0173. The van der Waals surface area contributed by atoms with Crippen molar-refractivity contribution in [3.8, 4) is 0 Å². The second-order valence-corrected chi connectivity index (χ2v) is 3.76. The highest BCUT2D eigenvalue weighted by Crippen LogP contribution is 2.25. The fourth-order valence-corrected chi connectivity index (χ4v) is 0.961. The Morgan fingerprint density at radius 2 is 1.92 bits per heavy atom. The molecule has 0 bridgehead atoms. The van der Waals surface area contributed by atoms with Crippen LogP contribution in [0, 0.1) is 0 Å². The lowest BCUT2D eigenvalue weighted by molar-refractivity contribution is 0.0277. The van der Waals surface area contributed by atoms with E-state index >= 15 is 0 Å². The zero-order chi connectivity index (χ0) is 9.57. The van der Waals surface area contributed by atoms with E-state index in [1.165, 1.54) is 6.42 Å². The largest absolute Gasteiger partial charge is 0.379 e. The van der Waals surface area contributed by atoms with E-state index in [1.54, 1.807) is 0 Å². The molecule has 1 aliphatic heterocycles. The maximum Gasteiger partial charge on any atom is 0.112 e. The fourth-order valence-electron chi connectivity index (χ4n) is 0.961. The molecule has 1 rings (SSSR count). The molecule has 3 heteroatoms. The van der Waals surface area contributed by atoms with Gasteiger partial charge in [0.25, 0.3) is 0 Å². The van der Waals surface area contributed by atoms with Crippen molar-refractivity contribution in [2.24, 2.45) is 0 Å². The first kappa shape index (κ1) is 11.0. The van der Waals surface area contributed by atoms with Crippen LogP contribution in [0.25, 0.3) is 0 Å². The molecule has 0 aromatic rings. The quantitative estimate of drug-likeness (QED) is 0.428. The Morgan fingerprint density at radius 1 is 1.23 bits per heavy atom. The van der Waals surface area contributed by atoms with Gasteiger partial charge in [-0.25, -0.2) is 0 Å². The number of hydrogen-bond acceptors (Lipinski definition) is 3. The molecule has 0 radical (unpaired) electrons. The average molecular weight is 188 g/mol. The fraction of sp³-hybridized carbons (Fsp3) is 1.00. The van der Waals surface area contributed by atoms with Crippen LogP contribution in [0.1, 0.15) is 26.7 Å². The monoisotopic (exact) mass is 188 g/mol. The van der Waals surface area contributed by atoms with Crippen molar-refractivity contribution in [2.75, 3.05) is 33.0 Å². The number of rotatable bonds is 8. The van der Waals surface area contributed by atoms with E-state index in [-0.39, 0.29) is 5.60 Å². The van der Waals surface area contributed by atoms with Crippen LogP contribution in [0.15, 0.2) is 0 Å². The summed E-state index contributed by atoms with van der Waals surface area (Å²) in [5.74, 6) is 0. The van der Waals surface area contributed by atoms with Gasteiger partial charge in [0.05, 0.1) is 26.4 Å². The lowest BCUT2D eigenvalue weighted by Gasteiger charge is -2.07. The molecule has 78 valence electrons.